The number of carbonyl (C=O) groups excluding carboxylic acids is 2. The summed E-state index contributed by atoms with van der Waals surface area (Å²) in [5.41, 5.74) is 0. The van der Waals surface area contributed by atoms with Crippen LogP contribution in [0.4, 0.5) is 0 Å². The molecule has 2 heteroatoms. The van der Waals surface area contributed by atoms with Gasteiger partial charge < -0.3 is 0 Å². The number of hydrogen-bond acceptors (Lipinski definition) is 2. The van der Waals surface area contributed by atoms with E-state index in [4.69, 9.17) is 0 Å². The van der Waals surface area contributed by atoms with Crippen LogP contribution < -0.4 is 0 Å². The van der Waals surface area contributed by atoms with Crippen molar-refractivity contribution in [3.05, 3.63) is 36.4 Å². The summed E-state index contributed by atoms with van der Waals surface area (Å²) in [6, 6.07) is 12.0. The Labute approximate surface area is 78.6 Å². The summed E-state index contributed by atoms with van der Waals surface area (Å²) in [6.07, 6.45) is 0.0833. The third-order valence-corrected chi connectivity index (χ3v) is 1.16. The van der Waals surface area contributed by atoms with Gasteiger partial charge in [0.15, 0.2) is 0 Å². The van der Waals surface area contributed by atoms with Crippen LogP contribution in [-0.4, -0.2) is 11.6 Å². The highest BCUT2D eigenvalue weighted by molar-refractivity contribution is 5.96. The van der Waals surface area contributed by atoms with Crippen molar-refractivity contribution in [2.45, 2.75) is 20.3 Å². The van der Waals surface area contributed by atoms with Gasteiger partial charge in [0.2, 0.25) is 0 Å². The predicted octanol–water partition coefficient (Wildman–Crippen LogP) is 2.24. The number of carbonyl (C=O) groups is 2. The van der Waals surface area contributed by atoms with E-state index in [1.807, 2.05) is 36.4 Å². The fourth-order valence-electron chi connectivity index (χ4n) is 0.735. The van der Waals surface area contributed by atoms with Crippen LogP contribution in [0.2, 0.25) is 0 Å². The normalized spacial score (nSPS) is 8.15. The summed E-state index contributed by atoms with van der Waals surface area (Å²) < 4.78 is 0. The molecule has 0 aliphatic heterocycles. The maximum Gasteiger partial charge on any atom is 0.137 e. The molecule has 0 aliphatic carbocycles. The van der Waals surface area contributed by atoms with E-state index >= 15 is 0 Å². The van der Waals surface area contributed by atoms with Crippen LogP contribution in [-0.2, 0) is 9.59 Å². The largest absolute Gasteiger partial charge is 0.300 e. The Morgan fingerprint density at radius 1 is 0.769 bits per heavy atom. The molecule has 13 heavy (non-hydrogen) atoms. The van der Waals surface area contributed by atoms with Gasteiger partial charge in [-0.2, -0.15) is 0 Å². The lowest BCUT2D eigenvalue weighted by Gasteiger charge is -1.81. The van der Waals surface area contributed by atoms with E-state index in [2.05, 4.69) is 0 Å². The second-order valence-electron chi connectivity index (χ2n) is 2.74. The van der Waals surface area contributed by atoms with Gasteiger partial charge in [0.05, 0.1) is 6.42 Å². The summed E-state index contributed by atoms with van der Waals surface area (Å²) >= 11 is 0. The number of benzene rings is 1. The van der Waals surface area contributed by atoms with Gasteiger partial charge in [0, 0.05) is 0 Å². The standard InChI is InChI=1S/C6H6.C5H8O2/c1-2-4-6-5-3-1;1-4(6)3-5(2)7/h1-6H;3H2,1-2H3. The van der Waals surface area contributed by atoms with Gasteiger partial charge in [-0.3, -0.25) is 9.59 Å². The maximum atomic E-state index is 10.0. The average molecular weight is 178 g/mol. The molecule has 0 radical (unpaired) electrons. The Bertz CT molecular complexity index is 213. The maximum absolute atomic E-state index is 10.0. The van der Waals surface area contributed by atoms with E-state index < -0.39 is 0 Å². The first-order valence-electron chi connectivity index (χ1n) is 4.12. The second-order valence-corrected chi connectivity index (χ2v) is 2.74. The van der Waals surface area contributed by atoms with Gasteiger partial charge in [-0.25, -0.2) is 0 Å². The zero-order valence-corrected chi connectivity index (χ0v) is 7.99. The third-order valence-electron chi connectivity index (χ3n) is 1.16. The van der Waals surface area contributed by atoms with Crippen molar-refractivity contribution < 1.29 is 9.59 Å². The molecular formula is C11H14O2. The minimum Gasteiger partial charge on any atom is -0.300 e. The summed E-state index contributed by atoms with van der Waals surface area (Å²) in [6.45, 7) is 2.81. The van der Waals surface area contributed by atoms with Crippen LogP contribution in [0.5, 0.6) is 0 Å². The first-order valence-corrected chi connectivity index (χ1v) is 4.12. The quantitative estimate of drug-likeness (QED) is 0.651. The molecule has 0 saturated carbocycles. The molecular weight excluding hydrogens is 164 g/mol. The number of rotatable bonds is 2. The molecule has 0 spiro atoms. The van der Waals surface area contributed by atoms with Gasteiger partial charge in [0.1, 0.15) is 11.6 Å². The Morgan fingerprint density at radius 2 is 1.00 bits per heavy atom. The minimum absolute atomic E-state index is 0.0625. The van der Waals surface area contributed by atoms with Crippen LogP contribution in [0.3, 0.4) is 0 Å². The molecule has 0 aliphatic rings. The van der Waals surface area contributed by atoms with E-state index in [1.54, 1.807) is 0 Å². The minimum atomic E-state index is -0.0625. The van der Waals surface area contributed by atoms with Crippen molar-refractivity contribution in [2.24, 2.45) is 0 Å². The first kappa shape index (κ1) is 11.6. The average Bonchev–Trinajstić information content (AvgIpc) is 2.06. The van der Waals surface area contributed by atoms with Crippen LogP contribution >= 0.6 is 0 Å². The van der Waals surface area contributed by atoms with E-state index in [0.717, 1.165) is 0 Å². The van der Waals surface area contributed by atoms with Crippen molar-refractivity contribution in [1.82, 2.24) is 0 Å². The van der Waals surface area contributed by atoms with Crippen molar-refractivity contribution in [2.75, 3.05) is 0 Å². The van der Waals surface area contributed by atoms with Gasteiger partial charge in [-0.1, -0.05) is 36.4 Å². The summed E-state index contributed by atoms with van der Waals surface area (Å²) in [5, 5.41) is 0. The molecule has 0 unspecified atom stereocenters. The van der Waals surface area contributed by atoms with Gasteiger partial charge >= 0.3 is 0 Å². The molecule has 0 aromatic heterocycles. The van der Waals surface area contributed by atoms with E-state index in [1.165, 1.54) is 13.8 Å². The molecule has 1 rings (SSSR count). The summed E-state index contributed by atoms with van der Waals surface area (Å²) in [4.78, 5) is 20.1. The molecule has 0 atom stereocenters. The summed E-state index contributed by atoms with van der Waals surface area (Å²) in [7, 11) is 0. The zero-order valence-electron chi connectivity index (χ0n) is 7.99. The highest BCUT2D eigenvalue weighted by atomic mass is 16.1. The van der Waals surface area contributed by atoms with Gasteiger partial charge in [-0.15, -0.1) is 0 Å². The molecule has 0 saturated heterocycles. The van der Waals surface area contributed by atoms with E-state index in [-0.39, 0.29) is 18.0 Å². The molecule has 70 valence electrons. The number of Topliss-reactive ketones (excluding diaryl/α,β-unsaturated/α-hetero) is 2. The molecule has 1 aromatic carbocycles. The molecule has 2 nitrogen and oxygen atoms in total. The Morgan fingerprint density at radius 3 is 1.08 bits per heavy atom. The van der Waals surface area contributed by atoms with Crippen molar-refractivity contribution in [3.8, 4) is 0 Å². The van der Waals surface area contributed by atoms with Gasteiger partial charge in [0.25, 0.3) is 0 Å². The third kappa shape index (κ3) is 10.6. The first-order chi connectivity index (χ1) is 6.13. The molecule has 0 heterocycles. The smallest absolute Gasteiger partial charge is 0.137 e. The van der Waals surface area contributed by atoms with Crippen molar-refractivity contribution in [1.29, 1.82) is 0 Å². The fraction of sp³-hybridized carbons (Fsp3) is 0.273. The lowest BCUT2D eigenvalue weighted by molar-refractivity contribution is -0.124. The second kappa shape index (κ2) is 7.22. The van der Waals surface area contributed by atoms with E-state index in [0.29, 0.717) is 0 Å². The topological polar surface area (TPSA) is 34.1 Å². The summed E-state index contributed by atoms with van der Waals surface area (Å²) in [5.74, 6) is -0.125. The molecule has 0 bridgehead atoms. The van der Waals surface area contributed by atoms with Gasteiger partial charge in [-0.05, 0) is 13.8 Å². The Balaban J connectivity index is 0.000000223. The number of hydrogen-bond donors (Lipinski definition) is 0. The molecule has 0 N–H and O–H groups in total. The monoisotopic (exact) mass is 178 g/mol. The van der Waals surface area contributed by atoms with Crippen LogP contribution in [0.25, 0.3) is 0 Å². The van der Waals surface area contributed by atoms with Crippen LogP contribution in [0.15, 0.2) is 36.4 Å². The Hall–Kier alpha value is -1.44. The number of ketones is 2. The fourth-order valence-corrected chi connectivity index (χ4v) is 0.735. The van der Waals surface area contributed by atoms with Crippen LogP contribution in [0.1, 0.15) is 20.3 Å². The van der Waals surface area contributed by atoms with Crippen LogP contribution in [0, 0.1) is 0 Å². The Kier molecular flexibility index (Phi) is 6.42. The predicted molar refractivity (Wildman–Crippen MR) is 52.4 cm³/mol. The van der Waals surface area contributed by atoms with Crippen molar-refractivity contribution in [3.63, 3.8) is 0 Å². The lowest BCUT2D eigenvalue weighted by Crippen LogP contribution is -1.97. The highest BCUT2D eigenvalue weighted by Gasteiger charge is 1.94. The highest BCUT2D eigenvalue weighted by Crippen LogP contribution is 1.80. The molecule has 0 fully saturated rings. The lowest BCUT2D eigenvalue weighted by atomic mass is 10.2. The van der Waals surface area contributed by atoms with Crippen molar-refractivity contribution >= 4 is 11.6 Å². The SMILES string of the molecule is CC(=O)CC(C)=O.c1ccccc1. The zero-order chi connectivity index (χ0) is 10.1. The molecule has 0 amide bonds. The molecule has 1 aromatic rings. The van der Waals surface area contributed by atoms with E-state index in [9.17, 15) is 9.59 Å².